The van der Waals surface area contributed by atoms with Crippen molar-refractivity contribution < 1.29 is 4.79 Å². The molecule has 0 aliphatic heterocycles. The van der Waals surface area contributed by atoms with Crippen LogP contribution in [0.4, 0.5) is 5.82 Å². The highest BCUT2D eigenvalue weighted by molar-refractivity contribution is 5.95. The Kier molecular flexibility index (Phi) is 4.33. The zero-order valence-corrected chi connectivity index (χ0v) is 12.2. The highest BCUT2D eigenvalue weighted by atomic mass is 16.2. The maximum absolute atomic E-state index is 12.4. The summed E-state index contributed by atoms with van der Waals surface area (Å²) in [5.41, 5.74) is 1.37. The molecule has 0 saturated carbocycles. The van der Waals surface area contributed by atoms with Crippen molar-refractivity contribution in [3.05, 3.63) is 23.4 Å². The van der Waals surface area contributed by atoms with Crippen LogP contribution < -0.4 is 5.32 Å². The Morgan fingerprint density at radius 3 is 2.56 bits per heavy atom. The number of hydrogen-bond donors (Lipinski definition) is 1. The molecule has 1 N–H and O–H groups in total. The average Bonchev–Trinajstić information content (AvgIpc) is 2.36. The van der Waals surface area contributed by atoms with Crippen LogP contribution in [0.3, 0.4) is 0 Å². The zero-order chi connectivity index (χ0) is 13.9. The predicted molar refractivity (Wildman–Crippen MR) is 75.0 cm³/mol. The molecule has 0 aliphatic carbocycles. The molecule has 0 aliphatic rings. The number of aryl methyl sites for hydroxylation is 1. The molecule has 100 valence electrons. The summed E-state index contributed by atoms with van der Waals surface area (Å²) in [5, 5.41) is 2.97. The number of hydrogen-bond acceptors (Lipinski definition) is 3. The number of nitrogens with zero attached hydrogens (tertiary/aromatic N) is 2. The third kappa shape index (κ3) is 3.00. The number of amides is 1. The highest BCUT2D eigenvalue weighted by Gasteiger charge is 2.26. The quantitative estimate of drug-likeness (QED) is 0.892. The predicted octanol–water partition coefficient (Wildman–Crippen LogP) is 2.69. The number of anilines is 1. The molecule has 1 aromatic rings. The lowest BCUT2D eigenvalue weighted by Gasteiger charge is -2.35. The summed E-state index contributed by atoms with van der Waals surface area (Å²) >= 11 is 0. The standard InChI is InChI=1S/C14H23N3O/c1-7-14(3,4)17(6)13(18)11-8-10(2)16-12(9-11)15-5/h8-9H,7H2,1-6H3,(H,15,16). The average molecular weight is 249 g/mol. The smallest absolute Gasteiger partial charge is 0.254 e. The molecule has 1 heterocycles. The van der Waals surface area contributed by atoms with Gasteiger partial charge in [-0.3, -0.25) is 4.79 Å². The molecule has 4 nitrogen and oxygen atoms in total. The summed E-state index contributed by atoms with van der Waals surface area (Å²) in [4.78, 5) is 18.5. The van der Waals surface area contributed by atoms with Crippen molar-refractivity contribution in [1.29, 1.82) is 0 Å². The first-order valence-corrected chi connectivity index (χ1v) is 6.26. The first-order valence-electron chi connectivity index (χ1n) is 6.26. The third-order valence-electron chi connectivity index (χ3n) is 3.53. The van der Waals surface area contributed by atoms with E-state index in [9.17, 15) is 4.79 Å². The van der Waals surface area contributed by atoms with Crippen molar-refractivity contribution in [2.45, 2.75) is 39.7 Å². The van der Waals surface area contributed by atoms with Gasteiger partial charge in [-0.25, -0.2) is 4.98 Å². The van der Waals surface area contributed by atoms with Crippen LogP contribution in [-0.2, 0) is 0 Å². The first kappa shape index (κ1) is 14.5. The van der Waals surface area contributed by atoms with Gasteiger partial charge in [0, 0.05) is 30.9 Å². The van der Waals surface area contributed by atoms with Gasteiger partial charge in [0.15, 0.2) is 0 Å². The minimum Gasteiger partial charge on any atom is -0.373 e. The van der Waals surface area contributed by atoms with Crippen molar-refractivity contribution in [3.63, 3.8) is 0 Å². The number of carbonyl (C=O) groups is 1. The maximum Gasteiger partial charge on any atom is 0.254 e. The molecule has 0 saturated heterocycles. The van der Waals surface area contributed by atoms with E-state index >= 15 is 0 Å². The summed E-state index contributed by atoms with van der Waals surface area (Å²) < 4.78 is 0. The molecule has 0 spiro atoms. The maximum atomic E-state index is 12.4. The van der Waals surface area contributed by atoms with Crippen molar-refractivity contribution in [1.82, 2.24) is 9.88 Å². The Morgan fingerprint density at radius 1 is 1.44 bits per heavy atom. The molecule has 1 amide bonds. The fourth-order valence-corrected chi connectivity index (χ4v) is 1.63. The SMILES string of the molecule is CCC(C)(C)N(C)C(=O)c1cc(C)nc(NC)c1. The molecule has 0 aromatic carbocycles. The number of rotatable bonds is 4. The van der Waals surface area contributed by atoms with Crippen LogP contribution in [0.2, 0.25) is 0 Å². The van der Waals surface area contributed by atoms with E-state index in [1.807, 2.05) is 20.0 Å². The molecule has 4 heteroatoms. The molecule has 18 heavy (non-hydrogen) atoms. The van der Waals surface area contributed by atoms with Gasteiger partial charge < -0.3 is 10.2 Å². The minimum absolute atomic E-state index is 0.0313. The van der Waals surface area contributed by atoms with Crippen LogP contribution in [0.15, 0.2) is 12.1 Å². The number of aromatic nitrogens is 1. The van der Waals surface area contributed by atoms with E-state index in [4.69, 9.17) is 0 Å². The lowest BCUT2D eigenvalue weighted by Crippen LogP contribution is -2.44. The molecule has 1 rings (SSSR count). The molecule has 0 fully saturated rings. The van der Waals surface area contributed by atoms with Crippen molar-refractivity contribution in [3.8, 4) is 0 Å². The van der Waals surface area contributed by atoms with E-state index < -0.39 is 0 Å². The van der Waals surface area contributed by atoms with E-state index in [2.05, 4.69) is 31.1 Å². The van der Waals surface area contributed by atoms with E-state index in [1.165, 1.54) is 0 Å². The van der Waals surface area contributed by atoms with Gasteiger partial charge in [0.25, 0.3) is 5.91 Å². The lowest BCUT2D eigenvalue weighted by atomic mass is 9.99. The molecular weight excluding hydrogens is 226 g/mol. The van der Waals surface area contributed by atoms with Gasteiger partial charge in [-0.1, -0.05) is 6.92 Å². The number of nitrogens with one attached hydrogen (secondary N) is 1. The zero-order valence-electron chi connectivity index (χ0n) is 12.2. The normalized spacial score (nSPS) is 11.2. The second-order valence-corrected chi connectivity index (χ2v) is 5.16. The Labute approximate surface area is 109 Å². The lowest BCUT2D eigenvalue weighted by molar-refractivity contribution is 0.0620. The molecular formula is C14H23N3O. The van der Waals surface area contributed by atoms with Crippen LogP contribution in [0.5, 0.6) is 0 Å². The van der Waals surface area contributed by atoms with Gasteiger partial charge in [-0.15, -0.1) is 0 Å². The summed E-state index contributed by atoms with van der Waals surface area (Å²) in [6, 6.07) is 3.61. The fourth-order valence-electron chi connectivity index (χ4n) is 1.63. The minimum atomic E-state index is -0.145. The summed E-state index contributed by atoms with van der Waals surface area (Å²) in [6.45, 7) is 8.11. The first-order chi connectivity index (χ1) is 8.31. The molecule has 1 aromatic heterocycles. The van der Waals surface area contributed by atoms with Crippen LogP contribution in [0, 0.1) is 6.92 Å². The summed E-state index contributed by atoms with van der Waals surface area (Å²) in [7, 11) is 3.65. The van der Waals surface area contributed by atoms with Crippen LogP contribution in [0.1, 0.15) is 43.2 Å². The van der Waals surface area contributed by atoms with E-state index in [0.29, 0.717) is 5.56 Å². The van der Waals surface area contributed by atoms with E-state index in [1.54, 1.807) is 18.0 Å². The van der Waals surface area contributed by atoms with Crippen LogP contribution in [0.25, 0.3) is 0 Å². The Balaban J connectivity index is 3.07. The molecule has 0 atom stereocenters. The topological polar surface area (TPSA) is 45.2 Å². The monoisotopic (exact) mass is 249 g/mol. The Morgan fingerprint density at radius 2 is 2.06 bits per heavy atom. The van der Waals surface area contributed by atoms with E-state index in [-0.39, 0.29) is 11.4 Å². The fraction of sp³-hybridized carbons (Fsp3) is 0.571. The number of carbonyl (C=O) groups excluding carboxylic acids is 1. The van der Waals surface area contributed by atoms with Crippen molar-refractivity contribution in [2.75, 3.05) is 19.4 Å². The van der Waals surface area contributed by atoms with Gasteiger partial charge in [0.1, 0.15) is 5.82 Å². The summed E-state index contributed by atoms with van der Waals surface area (Å²) in [6.07, 6.45) is 0.915. The van der Waals surface area contributed by atoms with Gasteiger partial charge in [0.2, 0.25) is 0 Å². The summed E-state index contributed by atoms with van der Waals surface area (Å²) in [5.74, 6) is 0.755. The molecule has 0 radical (unpaired) electrons. The van der Waals surface area contributed by atoms with Gasteiger partial charge in [-0.2, -0.15) is 0 Å². The Hall–Kier alpha value is -1.58. The van der Waals surface area contributed by atoms with Gasteiger partial charge >= 0.3 is 0 Å². The molecule has 0 unspecified atom stereocenters. The van der Waals surface area contributed by atoms with E-state index in [0.717, 1.165) is 17.9 Å². The van der Waals surface area contributed by atoms with Crippen LogP contribution in [-0.4, -0.2) is 35.4 Å². The number of pyridine rings is 1. The second-order valence-electron chi connectivity index (χ2n) is 5.16. The van der Waals surface area contributed by atoms with Crippen molar-refractivity contribution in [2.24, 2.45) is 0 Å². The Bertz CT molecular complexity index is 441. The third-order valence-corrected chi connectivity index (χ3v) is 3.53. The largest absolute Gasteiger partial charge is 0.373 e. The highest BCUT2D eigenvalue weighted by Crippen LogP contribution is 2.20. The van der Waals surface area contributed by atoms with Crippen molar-refractivity contribution >= 4 is 11.7 Å². The van der Waals surface area contributed by atoms with Gasteiger partial charge in [0.05, 0.1) is 0 Å². The van der Waals surface area contributed by atoms with Crippen LogP contribution >= 0.6 is 0 Å². The van der Waals surface area contributed by atoms with Gasteiger partial charge in [-0.05, 0) is 39.3 Å². The molecule has 0 bridgehead atoms. The second kappa shape index (κ2) is 5.38.